The Kier molecular flexibility index (Phi) is 4.39. The number of fused-ring (bicyclic) bond motifs is 1. The van der Waals surface area contributed by atoms with Crippen LogP contribution in [0.4, 0.5) is 13.2 Å². The first-order valence-electron chi connectivity index (χ1n) is 6.74. The van der Waals surface area contributed by atoms with Gasteiger partial charge in [0.1, 0.15) is 0 Å². The highest BCUT2D eigenvalue weighted by Crippen LogP contribution is 2.37. The molecule has 1 heterocycles. The van der Waals surface area contributed by atoms with Gasteiger partial charge in [-0.2, -0.15) is 13.2 Å². The fourth-order valence-corrected chi connectivity index (χ4v) is 2.92. The second kappa shape index (κ2) is 5.74. The van der Waals surface area contributed by atoms with Crippen LogP contribution in [-0.2, 0) is 11.3 Å². The van der Waals surface area contributed by atoms with Crippen molar-refractivity contribution in [3.05, 3.63) is 34.9 Å². The quantitative estimate of drug-likeness (QED) is 0.836. The van der Waals surface area contributed by atoms with Gasteiger partial charge in [-0.15, -0.1) is 0 Å². The maximum atomic E-state index is 12.6. The van der Waals surface area contributed by atoms with Gasteiger partial charge >= 0.3 is 6.18 Å². The summed E-state index contributed by atoms with van der Waals surface area (Å²) in [5.41, 5.74) is 3.20. The van der Waals surface area contributed by atoms with E-state index in [-0.39, 0.29) is 12.0 Å². The molecule has 0 N–H and O–H groups in total. The summed E-state index contributed by atoms with van der Waals surface area (Å²) in [7, 11) is 1.64. The summed E-state index contributed by atoms with van der Waals surface area (Å²) in [5, 5.41) is 0. The maximum absolute atomic E-state index is 12.6. The van der Waals surface area contributed by atoms with Crippen molar-refractivity contribution in [3.8, 4) is 0 Å². The third kappa shape index (κ3) is 3.33. The molecule has 0 aromatic heterocycles. The van der Waals surface area contributed by atoms with Gasteiger partial charge in [0.15, 0.2) is 0 Å². The molecule has 0 fully saturated rings. The fourth-order valence-electron chi connectivity index (χ4n) is 2.92. The second-order valence-electron chi connectivity index (χ2n) is 5.52. The fraction of sp³-hybridized carbons (Fsp3) is 0.600. The molecule has 0 aliphatic carbocycles. The van der Waals surface area contributed by atoms with Crippen molar-refractivity contribution < 1.29 is 17.9 Å². The van der Waals surface area contributed by atoms with Crippen LogP contribution >= 0.6 is 0 Å². The Morgan fingerprint density at radius 2 is 1.95 bits per heavy atom. The first-order valence-corrected chi connectivity index (χ1v) is 6.74. The third-order valence-corrected chi connectivity index (χ3v) is 3.88. The lowest BCUT2D eigenvalue weighted by atomic mass is 9.85. The number of hydrogen-bond acceptors (Lipinski definition) is 2. The molecule has 0 amide bonds. The van der Waals surface area contributed by atoms with Crippen LogP contribution in [0.5, 0.6) is 0 Å². The molecule has 1 aliphatic rings. The van der Waals surface area contributed by atoms with Crippen LogP contribution in [0.25, 0.3) is 0 Å². The zero-order valence-electron chi connectivity index (χ0n) is 12.0. The van der Waals surface area contributed by atoms with Gasteiger partial charge in [-0.25, -0.2) is 0 Å². The average molecular weight is 287 g/mol. The lowest BCUT2D eigenvalue weighted by Crippen LogP contribution is -2.41. The summed E-state index contributed by atoms with van der Waals surface area (Å²) in [5.74, 6) is 0.0976. The highest BCUT2D eigenvalue weighted by atomic mass is 19.4. The van der Waals surface area contributed by atoms with Gasteiger partial charge < -0.3 is 4.74 Å². The molecule has 0 bridgehead atoms. The van der Waals surface area contributed by atoms with Crippen molar-refractivity contribution in [3.63, 3.8) is 0 Å². The minimum Gasteiger partial charge on any atom is -0.380 e. The number of alkyl halides is 3. The van der Waals surface area contributed by atoms with E-state index in [1.165, 1.54) is 4.90 Å². The van der Waals surface area contributed by atoms with Crippen LogP contribution < -0.4 is 0 Å². The third-order valence-electron chi connectivity index (χ3n) is 3.88. The number of methoxy groups -OCH3 is 1. The molecule has 2 rings (SSSR count). The Morgan fingerprint density at radius 1 is 1.25 bits per heavy atom. The van der Waals surface area contributed by atoms with Gasteiger partial charge in [-0.1, -0.05) is 25.1 Å². The summed E-state index contributed by atoms with van der Waals surface area (Å²) in [6.07, 6.45) is -4.15. The number of halogens is 3. The Morgan fingerprint density at radius 3 is 2.55 bits per heavy atom. The largest absolute Gasteiger partial charge is 0.401 e. The number of nitrogens with zero attached hydrogens (tertiary/aromatic N) is 1. The van der Waals surface area contributed by atoms with Gasteiger partial charge in [0, 0.05) is 19.7 Å². The monoisotopic (exact) mass is 287 g/mol. The zero-order valence-corrected chi connectivity index (χ0v) is 12.0. The van der Waals surface area contributed by atoms with E-state index >= 15 is 0 Å². The molecule has 0 saturated carbocycles. The minimum atomic E-state index is -4.15. The highest BCUT2D eigenvalue weighted by molar-refractivity contribution is 5.38. The van der Waals surface area contributed by atoms with E-state index in [9.17, 15) is 13.2 Å². The Balaban J connectivity index is 2.27. The Bertz CT molecular complexity index is 473. The van der Waals surface area contributed by atoms with Crippen molar-refractivity contribution in [2.75, 3.05) is 20.2 Å². The van der Waals surface area contributed by atoms with Crippen LogP contribution in [0.2, 0.25) is 0 Å². The van der Waals surface area contributed by atoms with Gasteiger partial charge in [0.2, 0.25) is 0 Å². The van der Waals surface area contributed by atoms with Crippen molar-refractivity contribution >= 4 is 0 Å². The number of benzene rings is 1. The first-order chi connectivity index (χ1) is 9.31. The van der Waals surface area contributed by atoms with Crippen LogP contribution in [-0.4, -0.2) is 31.3 Å². The minimum absolute atomic E-state index is 0.0976. The van der Waals surface area contributed by atoms with E-state index in [4.69, 9.17) is 4.74 Å². The first kappa shape index (κ1) is 15.3. The summed E-state index contributed by atoms with van der Waals surface area (Å²) in [4.78, 5) is 1.50. The van der Waals surface area contributed by atoms with Gasteiger partial charge in [-0.3, -0.25) is 4.90 Å². The molecule has 2 atom stereocenters. The van der Waals surface area contributed by atoms with Crippen molar-refractivity contribution in [1.82, 2.24) is 4.90 Å². The molecule has 0 radical (unpaired) electrons. The molecule has 20 heavy (non-hydrogen) atoms. The van der Waals surface area contributed by atoms with Crippen LogP contribution in [0, 0.1) is 0 Å². The summed E-state index contributed by atoms with van der Waals surface area (Å²) in [6.45, 7) is 3.93. The molecular weight excluding hydrogens is 267 g/mol. The van der Waals surface area contributed by atoms with Crippen LogP contribution in [0.1, 0.15) is 42.5 Å². The van der Waals surface area contributed by atoms with Crippen molar-refractivity contribution in [2.24, 2.45) is 0 Å². The van der Waals surface area contributed by atoms with E-state index < -0.39 is 12.7 Å². The molecule has 112 valence electrons. The number of rotatable bonds is 3. The molecule has 2 unspecified atom stereocenters. The molecule has 5 heteroatoms. The second-order valence-corrected chi connectivity index (χ2v) is 5.52. The Hall–Kier alpha value is -1.07. The van der Waals surface area contributed by atoms with Gasteiger partial charge in [-0.05, 0) is 29.5 Å². The van der Waals surface area contributed by atoms with E-state index in [0.29, 0.717) is 13.2 Å². The standard InChI is InChI=1S/C15H20F3NO/c1-10-7-19(9-15(16,17)18)11(2)13-5-4-12(8-20-3)6-14(10)13/h4-6,10-11H,7-9H2,1-3H3. The predicted octanol–water partition coefficient (Wildman–Crippen LogP) is 3.88. The van der Waals surface area contributed by atoms with Gasteiger partial charge in [0.05, 0.1) is 13.2 Å². The summed E-state index contributed by atoms with van der Waals surface area (Å²) >= 11 is 0. The van der Waals surface area contributed by atoms with E-state index in [0.717, 1.165) is 16.7 Å². The predicted molar refractivity (Wildman–Crippen MR) is 71.6 cm³/mol. The van der Waals surface area contributed by atoms with Crippen LogP contribution in [0.3, 0.4) is 0 Å². The molecule has 1 aliphatic heterocycles. The molecule has 2 nitrogen and oxygen atoms in total. The molecule has 1 aromatic rings. The lowest BCUT2D eigenvalue weighted by molar-refractivity contribution is -0.152. The SMILES string of the molecule is COCc1ccc2c(c1)C(C)CN(CC(F)(F)F)C2C. The zero-order chi connectivity index (χ0) is 14.9. The van der Waals surface area contributed by atoms with Crippen LogP contribution in [0.15, 0.2) is 18.2 Å². The molecule has 0 spiro atoms. The van der Waals surface area contributed by atoms with E-state index in [1.54, 1.807) is 7.11 Å². The van der Waals surface area contributed by atoms with E-state index in [2.05, 4.69) is 6.07 Å². The smallest absolute Gasteiger partial charge is 0.380 e. The molecular formula is C15H20F3NO. The molecule has 1 aromatic carbocycles. The topological polar surface area (TPSA) is 12.5 Å². The number of hydrogen-bond donors (Lipinski definition) is 0. The summed E-state index contributed by atoms with van der Waals surface area (Å²) in [6, 6.07) is 5.72. The molecule has 0 saturated heterocycles. The normalized spacial score (nSPS) is 23.7. The number of ether oxygens (including phenoxy) is 1. The Labute approximate surface area is 117 Å². The van der Waals surface area contributed by atoms with Gasteiger partial charge in [0.25, 0.3) is 0 Å². The lowest BCUT2D eigenvalue weighted by Gasteiger charge is -2.39. The summed E-state index contributed by atoms with van der Waals surface area (Å²) < 4.78 is 43.0. The van der Waals surface area contributed by atoms with Crippen molar-refractivity contribution in [1.29, 1.82) is 0 Å². The van der Waals surface area contributed by atoms with Crippen molar-refractivity contribution in [2.45, 2.75) is 38.6 Å². The maximum Gasteiger partial charge on any atom is 0.401 e. The average Bonchev–Trinajstić information content (AvgIpc) is 2.34. The van der Waals surface area contributed by atoms with E-state index in [1.807, 2.05) is 26.0 Å². The highest BCUT2D eigenvalue weighted by Gasteiger charge is 2.36.